The summed E-state index contributed by atoms with van der Waals surface area (Å²) in [6, 6.07) is 9.86. The fourth-order valence-electron chi connectivity index (χ4n) is 7.48. The zero-order chi connectivity index (χ0) is 37.9. The number of likely N-dealkylation sites (tertiary alicyclic amines) is 1. The molecule has 4 heterocycles. The van der Waals surface area contributed by atoms with Gasteiger partial charge in [0.05, 0.1) is 29.3 Å². The second-order valence-corrected chi connectivity index (χ2v) is 16.2. The third-order valence-electron chi connectivity index (χ3n) is 9.96. The minimum atomic E-state index is -4.38. The van der Waals surface area contributed by atoms with Gasteiger partial charge in [-0.1, -0.05) is 6.07 Å². The van der Waals surface area contributed by atoms with Crippen LogP contribution in [0, 0.1) is 5.82 Å². The lowest BCUT2D eigenvalue weighted by atomic mass is 9.86. The number of carbonyl (C=O) groups is 4. The van der Waals surface area contributed by atoms with Crippen molar-refractivity contribution in [2.24, 2.45) is 0 Å². The number of phenolic OH excluding ortho intramolecular Hbond substituents is 1. The monoisotopic (exact) mass is 782 g/mol. The van der Waals surface area contributed by atoms with Gasteiger partial charge in [0.2, 0.25) is 17.7 Å². The molecule has 7 rings (SSSR count). The van der Waals surface area contributed by atoms with Crippen LogP contribution in [0.25, 0.3) is 21.8 Å². The van der Waals surface area contributed by atoms with E-state index >= 15 is 4.39 Å². The van der Waals surface area contributed by atoms with Crippen LogP contribution in [-0.4, -0.2) is 95.9 Å². The zero-order valence-electron chi connectivity index (χ0n) is 28.0. The van der Waals surface area contributed by atoms with Crippen LogP contribution in [0.2, 0.25) is 0 Å². The van der Waals surface area contributed by atoms with Gasteiger partial charge in [-0.2, -0.15) is 8.42 Å². The topological polar surface area (TPSA) is 212 Å². The highest BCUT2D eigenvalue weighted by molar-refractivity contribution is 7.92. The molecule has 4 atom stereocenters. The third-order valence-corrected chi connectivity index (χ3v) is 13.0. The lowest BCUT2D eigenvalue weighted by Crippen LogP contribution is -2.54. The summed E-state index contributed by atoms with van der Waals surface area (Å²) in [6.45, 7) is 1.75. The van der Waals surface area contributed by atoms with Crippen molar-refractivity contribution in [2.45, 2.75) is 56.5 Å². The number of aromatic nitrogens is 2. The molecule has 5 N–H and O–H groups in total. The summed E-state index contributed by atoms with van der Waals surface area (Å²) in [5, 5.41) is 27.3. The van der Waals surface area contributed by atoms with Crippen molar-refractivity contribution in [1.82, 2.24) is 24.1 Å². The number of imide groups is 1. The number of hydrogen-bond acceptors (Lipinski definition) is 11. The Balaban J connectivity index is 1.07. The molecule has 3 aromatic carbocycles. The van der Waals surface area contributed by atoms with Gasteiger partial charge < -0.3 is 15.5 Å². The number of aliphatic hydroxyl groups excluding tert-OH is 1. The van der Waals surface area contributed by atoms with Crippen molar-refractivity contribution in [3.05, 3.63) is 64.3 Å². The van der Waals surface area contributed by atoms with Gasteiger partial charge in [-0.05, 0) is 73.7 Å². The van der Waals surface area contributed by atoms with E-state index in [-0.39, 0.29) is 61.6 Å². The first kappa shape index (κ1) is 36.5. The summed E-state index contributed by atoms with van der Waals surface area (Å²) in [5.74, 6) is -4.36. The Morgan fingerprint density at radius 1 is 1.08 bits per heavy atom. The average molecular weight is 783 g/mol. The number of benzene rings is 3. The molecule has 16 nitrogen and oxygen atoms in total. The van der Waals surface area contributed by atoms with Gasteiger partial charge in [-0.25, -0.2) is 18.2 Å². The van der Waals surface area contributed by atoms with Crippen LogP contribution in [0.5, 0.6) is 5.75 Å². The maximum absolute atomic E-state index is 15.5. The maximum atomic E-state index is 15.5. The number of imidazole rings is 1. The van der Waals surface area contributed by atoms with E-state index in [9.17, 15) is 42.6 Å². The highest BCUT2D eigenvalue weighted by Crippen LogP contribution is 2.39. The lowest BCUT2D eigenvalue weighted by molar-refractivity contribution is -0.135. The molecule has 0 bridgehead atoms. The summed E-state index contributed by atoms with van der Waals surface area (Å²) in [5.41, 5.74) is 0.597. The number of aromatic hydroxyl groups is 1. The number of rotatable bonds is 8. The minimum Gasteiger partial charge on any atom is -0.506 e. The Hall–Kier alpha value is -4.89. The van der Waals surface area contributed by atoms with Crippen molar-refractivity contribution >= 4 is 86.9 Å². The Bertz CT molecular complexity index is 2420. The van der Waals surface area contributed by atoms with Gasteiger partial charge in [-0.15, -0.1) is 11.6 Å². The zero-order valence-corrected chi connectivity index (χ0v) is 30.7. The number of amides is 4. The van der Waals surface area contributed by atoms with E-state index < -0.39 is 69.5 Å². The molecule has 20 heteroatoms. The number of fused-ring (bicyclic) bond motifs is 2. The molecule has 53 heavy (non-hydrogen) atoms. The highest BCUT2D eigenvalue weighted by Gasteiger charge is 2.40. The Labute approximate surface area is 308 Å². The smallest absolute Gasteiger partial charge is 0.329 e. The van der Waals surface area contributed by atoms with Crippen molar-refractivity contribution in [1.29, 1.82) is 0 Å². The van der Waals surface area contributed by atoms with Crippen LogP contribution in [0.15, 0.2) is 47.3 Å². The fraction of sp³-hybridized carbons (Fsp3) is 0.364. The summed E-state index contributed by atoms with van der Waals surface area (Å²) in [4.78, 5) is 64.6. The molecule has 2 unspecified atom stereocenters. The van der Waals surface area contributed by atoms with Gasteiger partial charge in [0, 0.05) is 30.0 Å². The number of anilines is 2. The van der Waals surface area contributed by atoms with E-state index in [4.69, 9.17) is 11.6 Å². The molecule has 0 spiro atoms. The molecule has 1 aromatic heterocycles. The van der Waals surface area contributed by atoms with Crippen molar-refractivity contribution < 1.29 is 42.2 Å². The molecule has 0 aliphatic carbocycles. The number of aryl methyl sites for hydroxylation is 1. The highest BCUT2D eigenvalue weighted by atomic mass is 32.2. The van der Waals surface area contributed by atoms with Gasteiger partial charge in [0.25, 0.3) is 5.91 Å². The van der Waals surface area contributed by atoms with E-state index in [1.54, 1.807) is 20.3 Å². The molecular weight excluding hydrogens is 750 g/mol. The molecule has 3 aliphatic rings. The van der Waals surface area contributed by atoms with E-state index in [1.807, 2.05) is 19.1 Å². The van der Waals surface area contributed by atoms with Crippen molar-refractivity contribution in [3.63, 3.8) is 0 Å². The SMILES string of the molecule is CCn1c(=O)n(C2CCC(=O)NC2=O)c2ccc([C@@H]3CCN(CC(=O)Nc4ccc5c(F)c(N6CC(=O)NS6(=O)=O)c(O)cc5c4)C([Si]=S)[C@H]3O)cc21. The number of piperidine rings is 2. The van der Waals surface area contributed by atoms with Crippen molar-refractivity contribution in [2.75, 3.05) is 29.3 Å². The second kappa shape index (κ2) is 13.8. The van der Waals surface area contributed by atoms with Crippen LogP contribution in [0.4, 0.5) is 15.8 Å². The first-order chi connectivity index (χ1) is 25.2. The van der Waals surface area contributed by atoms with Gasteiger partial charge in [0.15, 0.2) is 5.82 Å². The standard InChI is InChI=1S/C33H33FN7O9S2Si/c1-2-39-23-12-16(3-6-21(23)41(33(39)48)22-7-8-25(43)36-31(22)47)20-9-10-38(32(53-51)30(20)46)14-26(44)35-18-4-5-19-17(11-18)13-24(42)29(28(19)34)40-15-27(45)37-52(40,49)50/h3-6,11-13,20,22,30,32,42,46H,2,7-10,14-15H2,1H3,(H,35,44)(H,37,45)(H,36,43,47)/t20-,22?,30-,32?/m0/s1. The Kier molecular flexibility index (Phi) is 9.51. The maximum Gasteiger partial charge on any atom is 0.329 e. The van der Waals surface area contributed by atoms with Crippen LogP contribution < -0.4 is 25.4 Å². The number of phenols is 1. The normalized spacial score (nSPS) is 23.3. The lowest BCUT2D eigenvalue weighted by Gasteiger charge is -2.41. The number of nitrogens with one attached hydrogen (secondary N) is 3. The molecular formula is C33H33FN7O9S2Si. The van der Waals surface area contributed by atoms with E-state index in [0.717, 1.165) is 11.6 Å². The average Bonchev–Trinajstić information content (AvgIpc) is 3.53. The second-order valence-electron chi connectivity index (χ2n) is 13.1. The molecule has 4 aromatic rings. The summed E-state index contributed by atoms with van der Waals surface area (Å²) >= 11 is 5.45. The summed E-state index contributed by atoms with van der Waals surface area (Å²) in [6.07, 6.45) is -0.155. The van der Waals surface area contributed by atoms with Crippen molar-refractivity contribution in [3.8, 4) is 5.75 Å². The van der Waals surface area contributed by atoms with Crippen LogP contribution in [0.1, 0.15) is 43.7 Å². The van der Waals surface area contributed by atoms with E-state index in [2.05, 4.69) is 10.6 Å². The Morgan fingerprint density at radius 2 is 1.85 bits per heavy atom. The number of hydrogen-bond donors (Lipinski definition) is 5. The van der Waals surface area contributed by atoms with E-state index in [0.29, 0.717) is 34.8 Å². The summed E-state index contributed by atoms with van der Waals surface area (Å²) < 4.78 is 45.2. The first-order valence-corrected chi connectivity index (χ1v) is 20.3. The first-order valence-electron chi connectivity index (χ1n) is 16.7. The predicted octanol–water partition coefficient (Wildman–Crippen LogP) is 0.911. The van der Waals surface area contributed by atoms with Crippen LogP contribution >= 0.6 is 11.6 Å². The molecule has 3 fully saturated rings. The quantitative estimate of drug-likeness (QED) is 0.125. The number of halogens is 1. The third kappa shape index (κ3) is 6.43. The number of carbonyl (C=O) groups excluding carboxylic acids is 4. The largest absolute Gasteiger partial charge is 0.506 e. The molecule has 4 amide bonds. The molecule has 277 valence electrons. The molecule has 1 radical (unpaired) electrons. The summed E-state index contributed by atoms with van der Waals surface area (Å²) in [7, 11) is -4.55. The number of aliphatic hydroxyl groups is 1. The van der Waals surface area contributed by atoms with Crippen LogP contribution in [0.3, 0.4) is 0 Å². The fourth-order valence-corrected chi connectivity index (χ4v) is 10.3. The van der Waals surface area contributed by atoms with Gasteiger partial charge >= 0.3 is 15.9 Å². The predicted molar refractivity (Wildman–Crippen MR) is 194 cm³/mol. The van der Waals surface area contributed by atoms with Crippen LogP contribution in [-0.2, 0) is 35.9 Å². The number of nitrogens with zero attached hydrogens (tertiary/aromatic N) is 4. The molecule has 3 saturated heterocycles. The van der Waals surface area contributed by atoms with E-state index in [1.165, 1.54) is 22.8 Å². The van der Waals surface area contributed by atoms with Gasteiger partial charge in [0.1, 0.15) is 32.3 Å². The molecule has 0 saturated carbocycles. The minimum absolute atomic E-state index is 0.0513. The molecule has 3 aliphatic heterocycles. The Morgan fingerprint density at radius 3 is 2.53 bits per heavy atom. The van der Waals surface area contributed by atoms with Gasteiger partial charge in [-0.3, -0.25) is 38.5 Å².